The Kier molecular flexibility index (Phi) is 6.31. The summed E-state index contributed by atoms with van der Waals surface area (Å²) in [5.74, 6) is 0.283. The van der Waals surface area contributed by atoms with Gasteiger partial charge in [-0.1, -0.05) is 29.8 Å². The molecule has 1 saturated heterocycles. The molecule has 2 aromatic carbocycles. The summed E-state index contributed by atoms with van der Waals surface area (Å²) in [6.07, 6.45) is -0.686. The molecule has 148 valence electrons. The Morgan fingerprint density at radius 1 is 1.00 bits per heavy atom. The van der Waals surface area contributed by atoms with Crippen molar-refractivity contribution < 1.29 is 14.3 Å². The van der Waals surface area contributed by atoms with Gasteiger partial charge in [-0.05, 0) is 45.2 Å². The van der Waals surface area contributed by atoms with Gasteiger partial charge in [-0.2, -0.15) is 0 Å². The predicted octanol–water partition coefficient (Wildman–Crippen LogP) is 2.79. The first-order valence-corrected chi connectivity index (χ1v) is 9.55. The topological polar surface area (TPSA) is 61.9 Å². The van der Waals surface area contributed by atoms with Crippen LogP contribution in [0.15, 0.2) is 48.5 Å². The summed E-state index contributed by atoms with van der Waals surface area (Å²) in [6, 6.07) is 14.7. The molecule has 28 heavy (non-hydrogen) atoms. The molecule has 0 radical (unpaired) electrons. The quantitative estimate of drug-likeness (QED) is 0.865. The number of hydrogen-bond donors (Lipinski definition) is 1. The number of ether oxygens (including phenoxy) is 1. The van der Waals surface area contributed by atoms with Gasteiger partial charge in [-0.3, -0.25) is 9.59 Å². The fourth-order valence-corrected chi connectivity index (χ4v) is 3.07. The number of para-hydroxylation sites is 1. The Labute approximate surface area is 166 Å². The van der Waals surface area contributed by atoms with Gasteiger partial charge in [0.25, 0.3) is 11.8 Å². The van der Waals surface area contributed by atoms with E-state index in [9.17, 15) is 9.59 Å². The molecule has 1 fully saturated rings. The van der Waals surface area contributed by atoms with E-state index in [0.29, 0.717) is 30.1 Å². The second-order valence-electron chi connectivity index (χ2n) is 7.20. The second-order valence-corrected chi connectivity index (χ2v) is 7.20. The second kappa shape index (κ2) is 8.89. The van der Waals surface area contributed by atoms with E-state index in [2.05, 4.69) is 10.2 Å². The lowest BCUT2D eigenvalue weighted by molar-refractivity contribution is -0.122. The fourth-order valence-electron chi connectivity index (χ4n) is 3.07. The van der Waals surface area contributed by atoms with E-state index in [1.54, 1.807) is 19.1 Å². The monoisotopic (exact) mass is 381 g/mol. The van der Waals surface area contributed by atoms with Crippen LogP contribution in [0.4, 0.5) is 5.69 Å². The number of amides is 2. The van der Waals surface area contributed by atoms with Crippen molar-refractivity contribution in [2.75, 3.05) is 38.5 Å². The van der Waals surface area contributed by atoms with Crippen molar-refractivity contribution in [1.29, 1.82) is 0 Å². The van der Waals surface area contributed by atoms with Crippen LogP contribution in [0.3, 0.4) is 0 Å². The Hall–Kier alpha value is -2.86. The SMILES string of the molecule is Cc1ccc(O[C@H](C)C(=O)Nc2ccccc2C(=O)N2CCN(C)CC2)cc1. The maximum Gasteiger partial charge on any atom is 0.265 e. The van der Waals surface area contributed by atoms with Crippen LogP contribution in [0, 0.1) is 6.92 Å². The average Bonchev–Trinajstić information content (AvgIpc) is 2.70. The summed E-state index contributed by atoms with van der Waals surface area (Å²) >= 11 is 0. The molecule has 0 aromatic heterocycles. The zero-order valence-corrected chi connectivity index (χ0v) is 16.6. The number of benzene rings is 2. The molecule has 2 aromatic rings. The molecule has 0 aliphatic carbocycles. The van der Waals surface area contributed by atoms with E-state index in [0.717, 1.165) is 18.7 Å². The van der Waals surface area contributed by atoms with E-state index in [1.165, 1.54) is 0 Å². The van der Waals surface area contributed by atoms with Crippen LogP contribution in [-0.4, -0.2) is 60.9 Å². The Bertz CT molecular complexity index is 827. The highest BCUT2D eigenvalue weighted by molar-refractivity contribution is 6.04. The Morgan fingerprint density at radius 3 is 2.32 bits per heavy atom. The number of piperazine rings is 1. The number of aryl methyl sites for hydroxylation is 1. The molecule has 0 saturated carbocycles. The van der Waals surface area contributed by atoms with Gasteiger partial charge in [0.2, 0.25) is 0 Å². The zero-order chi connectivity index (χ0) is 20.1. The Morgan fingerprint density at radius 2 is 1.64 bits per heavy atom. The number of rotatable bonds is 5. The van der Waals surface area contributed by atoms with Crippen molar-refractivity contribution in [3.63, 3.8) is 0 Å². The number of carbonyl (C=O) groups is 2. The molecule has 6 nitrogen and oxygen atoms in total. The lowest BCUT2D eigenvalue weighted by Gasteiger charge is -2.32. The maximum atomic E-state index is 12.9. The van der Waals surface area contributed by atoms with E-state index in [4.69, 9.17) is 4.74 Å². The molecule has 0 unspecified atom stereocenters. The molecule has 0 bridgehead atoms. The molecule has 2 amide bonds. The lowest BCUT2D eigenvalue weighted by Crippen LogP contribution is -2.47. The summed E-state index contributed by atoms with van der Waals surface area (Å²) < 4.78 is 5.72. The summed E-state index contributed by atoms with van der Waals surface area (Å²) in [4.78, 5) is 29.6. The third-order valence-corrected chi connectivity index (χ3v) is 4.91. The number of nitrogens with zero attached hydrogens (tertiary/aromatic N) is 2. The van der Waals surface area contributed by atoms with Gasteiger partial charge in [0.1, 0.15) is 5.75 Å². The molecule has 6 heteroatoms. The molecule has 1 atom stereocenters. The van der Waals surface area contributed by atoms with Gasteiger partial charge >= 0.3 is 0 Å². The average molecular weight is 381 g/mol. The highest BCUT2D eigenvalue weighted by Gasteiger charge is 2.24. The van der Waals surface area contributed by atoms with E-state index in [-0.39, 0.29) is 11.8 Å². The first-order valence-electron chi connectivity index (χ1n) is 9.55. The zero-order valence-electron chi connectivity index (χ0n) is 16.6. The van der Waals surface area contributed by atoms with Crippen LogP contribution >= 0.6 is 0 Å². The van der Waals surface area contributed by atoms with E-state index < -0.39 is 6.10 Å². The van der Waals surface area contributed by atoms with Crippen LogP contribution in [0.1, 0.15) is 22.8 Å². The molecule has 1 aliphatic rings. The number of likely N-dealkylation sites (N-methyl/N-ethyl adjacent to an activating group) is 1. The largest absolute Gasteiger partial charge is 0.481 e. The van der Waals surface area contributed by atoms with Crippen molar-refractivity contribution in [3.8, 4) is 5.75 Å². The van der Waals surface area contributed by atoms with Gasteiger partial charge in [0.15, 0.2) is 6.10 Å². The summed E-state index contributed by atoms with van der Waals surface area (Å²) in [5.41, 5.74) is 2.14. The van der Waals surface area contributed by atoms with Gasteiger partial charge in [-0.25, -0.2) is 0 Å². The highest BCUT2D eigenvalue weighted by Crippen LogP contribution is 2.20. The third kappa shape index (κ3) is 4.89. The lowest BCUT2D eigenvalue weighted by atomic mass is 10.1. The van der Waals surface area contributed by atoms with Gasteiger partial charge in [0.05, 0.1) is 11.3 Å². The highest BCUT2D eigenvalue weighted by atomic mass is 16.5. The third-order valence-electron chi connectivity index (χ3n) is 4.91. The molecule has 1 N–H and O–H groups in total. The van der Waals surface area contributed by atoms with Gasteiger partial charge in [0, 0.05) is 26.2 Å². The van der Waals surface area contributed by atoms with Crippen LogP contribution in [0.2, 0.25) is 0 Å². The first-order chi connectivity index (χ1) is 13.4. The Balaban J connectivity index is 1.67. The molecular formula is C22H27N3O3. The van der Waals surface area contributed by atoms with Crippen molar-refractivity contribution >= 4 is 17.5 Å². The summed E-state index contributed by atoms with van der Waals surface area (Å²) in [6.45, 7) is 6.76. The first kappa shape index (κ1) is 19.9. The summed E-state index contributed by atoms with van der Waals surface area (Å²) in [5, 5.41) is 2.85. The van der Waals surface area contributed by atoms with Gasteiger partial charge < -0.3 is 19.9 Å². The predicted molar refractivity (Wildman–Crippen MR) is 110 cm³/mol. The van der Waals surface area contributed by atoms with Crippen LogP contribution in [0.25, 0.3) is 0 Å². The molecule has 0 spiro atoms. The maximum absolute atomic E-state index is 12.9. The number of nitrogens with one attached hydrogen (secondary N) is 1. The van der Waals surface area contributed by atoms with Crippen molar-refractivity contribution in [1.82, 2.24) is 9.80 Å². The number of anilines is 1. The minimum Gasteiger partial charge on any atom is -0.481 e. The minimum atomic E-state index is -0.686. The van der Waals surface area contributed by atoms with Crippen LogP contribution in [-0.2, 0) is 4.79 Å². The normalized spacial score (nSPS) is 15.8. The fraction of sp³-hybridized carbons (Fsp3) is 0.364. The molecule has 1 heterocycles. The molecular weight excluding hydrogens is 354 g/mol. The summed E-state index contributed by atoms with van der Waals surface area (Å²) in [7, 11) is 2.05. The van der Waals surface area contributed by atoms with E-state index >= 15 is 0 Å². The molecule has 1 aliphatic heterocycles. The molecule has 3 rings (SSSR count). The van der Waals surface area contributed by atoms with Gasteiger partial charge in [-0.15, -0.1) is 0 Å². The van der Waals surface area contributed by atoms with Crippen molar-refractivity contribution in [3.05, 3.63) is 59.7 Å². The van der Waals surface area contributed by atoms with E-state index in [1.807, 2.05) is 55.3 Å². The van der Waals surface area contributed by atoms with Crippen LogP contribution < -0.4 is 10.1 Å². The number of carbonyl (C=O) groups excluding carboxylic acids is 2. The van der Waals surface area contributed by atoms with Crippen molar-refractivity contribution in [2.45, 2.75) is 20.0 Å². The minimum absolute atomic E-state index is 0.0592. The number of hydrogen-bond acceptors (Lipinski definition) is 4. The van der Waals surface area contributed by atoms with Crippen LogP contribution in [0.5, 0.6) is 5.75 Å². The standard InChI is InChI=1S/C22H27N3O3/c1-16-8-10-18(11-9-16)28-17(2)21(26)23-20-7-5-4-6-19(20)22(27)25-14-12-24(3)13-15-25/h4-11,17H,12-15H2,1-3H3,(H,23,26)/t17-/m1/s1. The van der Waals surface area contributed by atoms with Crippen molar-refractivity contribution in [2.24, 2.45) is 0 Å². The smallest absolute Gasteiger partial charge is 0.265 e.